The minimum atomic E-state index is -0.822. The maximum atomic E-state index is 9.59. The molecule has 2 N–H and O–H groups in total. The minimum Gasteiger partial charge on any atom is -0.480 e. The average molecular weight is 404 g/mol. The van der Waals surface area contributed by atoms with E-state index in [1.165, 1.54) is 0 Å². The lowest BCUT2D eigenvalue weighted by atomic mass is 9.94. The second-order valence-electron chi connectivity index (χ2n) is 7.44. The predicted molar refractivity (Wildman–Crippen MR) is 121 cm³/mol. The van der Waals surface area contributed by atoms with E-state index in [4.69, 9.17) is 21.0 Å². The summed E-state index contributed by atoms with van der Waals surface area (Å²) < 4.78 is 5.77. The van der Waals surface area contributed by atoms with Crippen molar-refractivity contribution in [3.05, 3.63) is 93.8 Å². The molecule has 0 saturated carbocycles. The van der Waals surface area contributed by atoms with E-state index < -0.39 is 5.60 Å². The van der Waals surface area contributed by atoms with Crippen LogP contribution < -0.4 is 5.73 Å². The lowest BCUT2D eigenvalue weighted by molar-refractivity contribution is 0.0954. The van der Waals surface area contributed by atoms with Crippen LogP contribution in [0.4, 0.5) is 5.69 Å². The molecule has 1 aliphatic rings. The molecule has 0 fully saturated rings. The third-order valence-electron chi connectivity index (χ3n) is 4.85. The Bertz CT molecular complexity index is 1220. The zero-order chi connectivity index (χ0) is 22.4. The molecule has 0 spiro atoms. The van der Waals surface area contributed by atoms with E-state index in [0.29, 0.717) is 5.57 Å². The first-order valence-corrected chi connectivity index (χ1v) is 9.58. The Morgan fingerprint density at radius 1 is 0.806 bits per heavy atom. The zero-order valence-electron chi connectivity index (χ0n) is 17.3. The summed E-state index contributed by atoms with van der Waals surface area (Å²) in [7, 11) is 0. The number of nitrogen functional groups attached to an aromatic ring is 1. The maximum Gasteiger partial charge on any atom is 0.172 e. The normalized spacial score (nSPS) is 14.9. The number of ether oxygens (including phenoxy) is 1. The van der Waals surface area contributed by atoms with Gasteiger partial charge < -0.3 is 10.5 Å². The first-order chi connectivity index (χ1) is 14.9. The van der Waals surface area contributed by atoms with Crippen molar-refractivity contribution < 1.29 is 4.74 Å². The van der Waals surface area contributed by atoms with Gasteiger partial charge in [0.15, 0.2) is 11.3 Å². The third kappa shape index (κ3) is 4.73. The summed E-state index contributed by atoms with van der Waals surface area (Å²) in [5.74, 6) is 0.0419. The van der Waals surface area contributed by atoms with Crippen molar-refractivity contribution in [2.24, 2.45) is 0 Å². The molecule has 2 aromatic carbocycles. The molecule has 150 valence electrons. The molecule has 0 bridgehead atoms. The number of anilines is 1. The fourth-order valence-corrected chi connectivity index (χ4v) is 3.18. The Labute approximate surface area is 181 Å². The van der Waals surface area contributed by atoms with E-state index in [0.717, 1.165) is 22.4 Å². The van der Waals surface area contributed by atoms with Crippen molar-refractivity contribution in [2.75, 3.05) is 5.73 Å². The number of hydrogen-bond donors (Lipinski definition) is 1. The Balaban J connectivity index is 1.84. The topological polar surface area (TPSA) is 107 Å². The Hall–Kier alpha value is -4.53. The van der Waals surface area contributed by atoms with Gasteiger partial charge in [0, 0.05) is 11.3 Å². The molecule has 0 saturated heterocycles. The van der Waals surface area contributed by atoms with E-state index in [-0.39, 0.29) is 16.9 Å². The lowest BCUT2D eigenvalue weighted by Crippen LogP contribution is -2.20. The summed E-state index contributed by atoms with van der Waals surface area (Å²) in [5.41, 5.74) is 9.31. The monoisotopic (exact) mass is 404 g/mol. The van der Waals surface area contributed by atoms with Crippen LogP contribution in [-0.4, -0.2) is 5.60 Å². The van der Waals surface area contributed by atoms with Gasteiger partial charge in [-0.1, -0.05) is 60.7 Å². The van der Waals surface area contributed by atoms with Gasteiger partial charge in [-0.25, -0.2) is 0 Å². The maximum absolute atomic E-state index is 9.59. The molecule has 31 heavy (non-hydrogen) atoms. The van der Waals surface area contributed by atoms with Crippen molar-refractivity contribution in [1.29, 1.82) is 15.8 Å². The largest absolute Gasteiger partial charge is 0.480 e. The van der Waals surface area contributed by atoms with Crippen molar-refractivity contribution in [2.45, 2.75) is 19.4 Å². The first kappa shape index (κ1) is 21.2. The highest BCUT2D eigenvalue weighted by Crippen LogP contribution is 2.40. The van der Waals surface area contributed by atoms with E-state index in [1.54, 1.807) is 32.1 Å². The number of allylic oxidation sites excluding steroid dienone is 2. The molecule has 0 amide bonds. The summed E-state index contributed by atoms with van der Waals surface area (Å²) >= 11 is 0. The highest BCUT2D eigenvalue weighted by atomic mass is 16.5. The molecule has 3 rings (SSSR count). The van der Waals surface area contributed by atoms with Gasteiger partial charge in [-0.15, -0.1) is 0 Å². The number of nitrogens with zero attached hydrogens (tertiary/aromatic N) is 3. The molecule has 0 aliphatic carbocycles. The molecule has 1 heterocycles. The third-order valence-corrected chi connectivity index (χ3v) is 4.85. The summed E-state index contributed by atoms with van der Waals surface area (Å²) in [6.07, 6.45) is 7.72. The average Bonchev–Trinajstić information content (AvgIpc) is 3.03. The Morgan fingerprint density at radius 3 is 1.71 bits per heavy atom. The Morgan fingerprint density at radius 2 is 1.26 bits per heavy atom. The summed E-state index contributed by atoms with van der Waals surface area (Å²) in [4.78, 5) is 0. The molecule has 0 atom stereocenters. The highest BCUT2D eigenvalue weighted by Gasteiger charge is 2.38. The van der Waals surface area contributed by atoms with Gasteiger partial charge in [0.05, 0.1) is 0 Å². The summed E-state index contributed by atoms with van der Waals surface area (Å²) in [5, 5.41) is 27.9. The van der Waals surface area contributed by atoms with Crippen LogP contribution in [0.25, 0.3) is 18.2 Å². The van der Waals surface area contributed by atoms with E-state index in [2.05, 4.69) is 6.07 Å². The second kappa shape index (κ2) is 8.87. The van der Waals surface area contributed by atoms with Gasteiger partial charge in [-0.2, -0.15) is 15.8 Å². The lowest BCUT2D eigenvalue weighted by Gasteiger charge is -2.20. The highest BCUT2D eigenvalue weighted by molar-refractivity contribution is 5.71. The van der Waals surface area contributed by atoms with Crippen molar-refractivity contribution in [1.82, 2.24) is 0 Å². The number of rotatable bonds is 4. The number of hydrogen-bond acceptors (Lipinski definition) is 5. The minimum absolute atomic E-state index is 0.0419. The SMILES string of the molecule is CC1(C)OC(=C(C#N)C#N)C(C#N)=C1/C=C/c1ccc(/C=C/c2ccc(N)cc2)cc1. The van der Waals surface area contributed by atoms with Crippen LogP contribution >= 0.6 is 0 Å². The molecule has 0 unspecified atom stereocenters. The number of nitriles is 3. The van der Waals surface area contributed by atoms with Gasteiger partial charge >= 0.3 is 0 Å². The van der Waals surface area contributed by atoms with Crippen LogP contribution in [0.3, 0.4) is 0 Å². The molecule has 0 aromatic heterocycles. The van der Waals surface area contributed by atoms with Crippen LogP contribution in [0.1, 0.15) is 30.5 Å². The first-order valence-electron chi connectivity index (χ1n) is 9.58. The molecule has 5 heteroatoms. The van der Waals surface area contributed by atoms with Gasteiger partial charge in [0.25, 0.3) is 0 Å². The number of benzene rings is 2. The predicted octanol–water partition coefficient (Wildman–Crippen LogP) is 5.38. The van der Waals surface area contributed by atoms with Crippen molar-refractivity contribution in [3.63, 3.8) is 0 Å². The van der Waals surface area contributed by atoms with E-state index in [1.807, 2.05) is 66.8 Å². The molecule has 0 radical (unpaired) electrons. The molecular weight excluding hydrogens is 384 g/mol. The zero-order valence-corrected chi connectivity index (χ0v) is 17.3. The van der Waals surface area contributed by atoms with Crippen LogP contribution in [-0.2, 0) is 4.74 Å². The molecule has 1 aliphatic heterocycles. The quantitative estimate of drug-likeness (QED) is 0.418. The van der Waals surface area contributed by atoms with Gasteiger partial charge in [-0.3, -0.25) is 0 Å². The fraction of sp³-hybridized carbons (Fsp3) is 0.115. The summed E-state index contributed by atoms with van der Waals surface area (Å²) in [6, 6.07) is 21.3. The van der Waals surface area contributed by atoms with E-state index in [9.17, 15) is 5.26 Å². The van der Waals surface area contributed by atoms with Crippen LogP contribution in [0.2, 0.25) is 0 Å². The second-order valence-corrected chi connectivity index (χ2v) is 7.44. The van der Waals surface area contributed by atoms with Gasteiger partial charge in [-0.05, 0) is 42.7 Å². The van der Waals surface area contributed by atoms with Gasteiger partial charge in [0.2, 0.25) is 0 Å². The number of nitrogens with two attached hydrogens (primary N) is 1. The Kier molecular flexibility index (Phi) is 6.06. The molecule has 5 nitrogen and oxygen atoms in total. The molecule has 2 aromatic rings. The van der Waals surface area contributed by atoms with Crippen molar-refractivity contribution >= 4 is 23.9 Å². The van der Waals surface area contributed by atoms with Crippen LogP contribution in [0, 0.1) is 34.0 Å². The standard InChI is InChI=1S/C26H20N4O/c1-26(2)24(23(17-29)25(31-26)21(15-27)16-28)14-11-19-6-3-18(4-7-19)5-8-20-9-12-22(30)13-10-20/h3-14H,30H2,1-2H3/b8-5+,14-11+. The van der Waals surface area contributed by atoms with Crippen LogP contribution in [0.15, 0.2) is 77.1 Å². The fourth-order valence-electron chi connectivity index (χ4n) is 3.18. The summed E-state index contributed by atoms with van der Waals surface area (Å²) in [6.45, 7) is 3.60. The van der Waals surface area contributed by atoms with E-state index >= 15 is 0 Å². The van der Waals surface area contributed by atoms with Crippen molar-refractivity contribution in [3.8, 4) is 18.2 Å². The van der Waals surface area contributed by atoms with Gasteiger partial charge in [0.1, 0.15) is 29.4 Å². The molecular formula is C26H20N4O. The smallest absolute Gasteiger partial charge is 0.172 e. The van der Waals surface area contributed by atoms with Crippen LogP contribution in [0.5, 0.6) is 0 Å².